The molecule has 1 aliphatic carbocycles. The monoisotopic (exact) mass is 391 g/mol. The lowest BCUT2D eigenvalue weighted by Gasteiger charge is -2.42. The van der Waals surface area contributed by atoms with Crippen LogP contribution in [-0.2, 0) is 0 Å². The van der Waals surface area contributed by atoms with Crippen LogP contribution in [0.25, 0.3) is 11.1 Å². The maximum atomic E-state index is 10.4. The first kappa shape index (κ1) is 18.4. The molecule has 2 aromatic carbocycles. The minimum Gasteiger partial charge on any atom is -0.504 e. The van der Waals surface area contributed by atoms with Crippen molar-refractivity contribution in [2.24, 2.45) is 5.92 Å². The molecule has 3 aliphatic rings. The fraction of sp³-hybridized carbons (Fsp3) is 0.440. The molecule has 2 heterocycles. The van der Waals surface area contributed by atoms with E-state index in [-0.39, 0.29) is 17.4 Å². The van der Waals surface area contributed by atoms with Gasteiger partial charge in [-0.25, -0.2) is 0 Å². The van der Waals surface area contributed by atoms with Gasteiger partial charge in [-0.3, -0.25) is 0 Å². The van der Waals surface area contributed by atoms with Crippen LogP contribution in [0.4, 0.5) is 5.69 Å². The molecule has 2 atom stereocenters. The van der Waals surface area contributed by atoms with Gasteiger partial charge in [0.1, 0.15) is 11.9 Å². The van der Waals surface area contributed by atoms with E-state index in [1.807, 2.05) is 6.07 Å². The molecule has 0 bridgehead atoms. The minimum atomic E-state index is 0.00200. The van der Waals surface area contributed by atoms with Crippen molar-refractivity contribution in [3.05, 3.63) is 47.5 Å². The predicted molar refractivity (Wildman–Crippen MR) is 116 cm³/mol. The van der Waals surface area contributed by atoms with Gasteiger partial charge in [-0.05, 0) is 68.4 Å². The summed E-state index contributed by atoms with van der Waals surface area (Å²) in [6.45, 7) is 6.84. The van der Waals surface area contributed by atoms with Crippen molar-refractivity contribution in [3.8, 4) is 28.4 Å². The van der Waals surface area contributed by atoms with Crippen molar-refractivity contribution in [2.75, 3.05) is 12.4 Å². The third kappa shape index (κ3) is 2.80. The summed E-state index contributed by atoms with van der Waals surface area (Å²) in [5, 5.41) is 14.2. The molecular formula is C25H29NO3. The van der Waals surface area contributed by atoms with Gasteiger partial charge < -0.3 is 19.9 Å². The van der Waals surface area contributed by atoms with Gasteiger partial charge in [0.05, 0.1) is 12.7 Å². The van der Waals surface area contributed by atoms with Crippen LogP contribution in [0.1, 0.15) is 63.2 Å². The number of anilines is 1. The lowest BCUT2D eigenvalue weighted by molar-refractivity contribution is 0.135. The summed E-state index contributed by atoms with van der Waals surface area (Å²) in [6.07, 6.45) is 7.66. The topological polar surface area (TPSA) is 50.7 Å². The van der Waals surface area contributed by atoms with E-state index < -0.39 is 0 Å². The molecule has 0 spiro atoms. The molecule has 0 fully saturated rings. The fourth-order valence-electron chi connectivity index (χ4n) is 5.61. The molecule has 0 saturated heterocycles. The van der Waals surface area contributed by atoms with Gasteiger partial charge in [0.25, 0.3) is 0 Å². The summed E-state index contributed by atoms with van der Waals surface area (Å²) in [7, 11) is 1.60. The maximum absolute atomic E-state index is 10.4. The summed E-state index contributed by atoms with van der Waals surface area (Å²) in [4.78, 5) is 0. The number of allylic oxidation sites excluding steroid dienone is 2. The smallest absolute Gasteiger partial charge is 0.172 e. The number of nitrogens with one attached hydrogen (secondary N) is 1. The summed E-state index contributed by atoms with van der Waals surface area (Å²) in [5.74, 6) is 2.27. The Morgan fingerprint density at radius 3 is 2.59 bits per heavy atom. The molecule has 0 aromatic heterocycles. The molecule has 0 amide bonds. The highest BCUT2D eigenvalue weighted by Gasteiger charge is 2.40. The quantitative estimate of drug-likeness (QED) is 0.602. The van der Waals surface area contributed by atoms with Gasteiger partial charge >= 0.3 is 0 Å². The van der Waals surface area contributed by atoms with Gasteiger partial charge in [0.15, 0.2) is 11.5 Å². The van der Waals surface area contributed by atoms with Gasteiger partial charge in [0.2, 0.25) is 0 Å². The van der Waals surface area contributed by atoms with Crippen LogP contribution in [0.3, 0.4) is 0 Å². The Balaban J connectivity index is 1.77. The second-order valence-corrected chi connectivity index (χ2v) is 9.33. The van der Waals surface area contributed by atoms with Gasteiger partial charge in [0, 0.05) is 22.7 Å². The molecule has 0 radical (unpaired) electrons. The zero-order chi connectivity index (χ0) is 20.3. The van der Waals surface area contributed by atoms with E-state index in [2.05, 4.69) is 50.4 Å². The standard InChI is InChI=1S/C25H29NO3/c1-14-13-25(2,3)26-17-10-9-16-21-19(12-11-18(27)24(21)28-4)29-23(22(16)20(14)17)15-7-5-6-8-15/h5-6,9-12,14-15,23,26-27H,7-8,13H2,1-4H3/t14-,23?/m1/s1. The van der Waals surface area contributed by atoms with Gasteiger partial charge in [-0.15, -0.1) is 0 Å². The number of rotatable bonds is 2. The Labute approximate surface area is 172 Å². The first-order valence-electron chi connectivity index (χ1n) is 10.6. The number of phenols is 1. The number of ether oxygens (including phenoxy) is 2. The van der Waals surface area contributed by atoms with Crippen LogP contribution in [0, 0.1) is 5.92 Å². The molecule has 5 rings (SSSR count). The Morgan fingerprint density at radius 1 is 1.10 bits per heavy atom. The number of benzene rings is 2. The average Bonchev–Trinajstić information content (AvgIpc) is 3.20. The Hall–Kier alpha value is -2.62. The number of methoxy groups -OCH3 is 1. The molecule has 2 aromatic rings. The van der Waals surface area contributed by atoms with E-state index in [1.165, 1.54) is 16.8 Å². The maximum Gasteiger partial charge on any atom is 0.172 e. The van der Waals surface area contributed by atoms with Crippen molar-refractivity contribution in [3.63, 3.8) is 0 Å². The van der Waals surface area contributed by atoms with Crippen molar-refractivity contribution in [1.29, 1.82) is 0 Å². The van der Waals surface area contributed by atoms with E-state index in [0.29, 0.717) is 17.6 Å². The normalized spacial score (nSPS) is 24.1. The molecular weight excluding hydrogens is 362 g/mol. The number of phenolic OH excluding ortho intramolecular Hbond substituents is 1. The summed E-state index contributed by atoms with van der Waals surface area (Å²) < 4.78 is 12.3. The second-order valence-electron chi connectivity index (χ2n) is 9.33. The first-order valence-corrected chi connectivity index (χ1v) is 10.6. The summed E-state index contributed by atoms with van der Waals surface area (Å²) >= 11 is 0. The lowest BCUT2D eigenvalue weighted by atomic mass is 9.74. The zero-order valence-corrected chi connectivity index (χ0v) is 17.6. The van der Waals surface area contributed by atoms with Crippen molar-refractivity contribution >= 4 is 5.69 Å². The van der Waals surface area contributed by atoms with E-state index in [1.54, 1.807) is 13.2 Å². The van der Waals surface area contributed by atoms with E-state index in [0.717, 1.165) is 36.1 Å². The number of fused-ring (bicyclic) bond motifs is 5. The van der Waals surface area contributed by atoms with E-state index in [4.69, 9.17) is 9.47 Å². The molecule has 1 unspecified atom stereocenters. The number of hydrogen-bond donors (Lipinski definition) is 2. The van der Waals surface area contributed by atoms with Crippen molar-refractivity contribution in [1.82, 2.24) is 0 Å². The minimum absolute atomic E-state index is 0.00200. The largest absolute Gasteiger partial charge is 0.504 e. The second kappa shape index (κ2) is 6.45. The third-order valence-electron chi connectivity index (χ3n) is 6.65. The average molecular weight is 392 g/mol. The Kier molecular flexibility index (Phi) is 4.09. The SMILES string of the molecule is COc1c(O)ccc2c1-c1ccc3c(c1C(C1CC=CC1)O2)[C@H](C)CC(C)(C)N3. The van der Waals surface area contributed by atoms with E-state index in [9.17, 15) is 5.11 Å². The van der Waals surface area contributed by atoms with Crippen molar-refractivity contribution in [2.45, 2.75) is 57.6 Å². The molecule has 4 nitrogen and oxygen atoms in total. The fourth-order valence-corrected chi connectivity index (χ4v) is 5.61. The molecule has 2 N–H and O–H groups in total. The van der Waals surface area contributed by atoms with E-state index >= 15 is 0 Å². The van der Waals surface area contributed by atoms with Crippen LogP contribution in [0.5, 0.6) is 17.2 Å². The number of hydrogen-bond acceptors (Lipinski definition) is 4. The van der Waals surface area contributed by atoms with Gasteiger partial charge in [-0.1, -0.05) is 25.1 Å². The molecule has 4 heteroatoms. The zero-order valence-electron chi connectivity index (χ0n) is 17.6. The van der Waals surface area contributed by atoms with Crippen LogP contribution < -0.4 is 14.8 Å². The predicted octanol–water partition coefficient (Wildman–Crippen LogP) is 6.17. The summed E-state index contributed by atoms with van der Waals surface area (Å²) in [5.41, 5.74) is 5.88. The van der Waals surface area contributed by atoms with Crippen molar-refractivity contribution < 1.29 is 14.6 Å². The van der Waals surface area contributed by atoms with Crippen LogP contribution in [-0.4, -0.2) is 17.8 Å². The highest BCUT2D eigenvalue weighted by atomic mass is 16.5. The van der Waals surface area contributed by atoms with Crippen LogP contribution in [0.2, 0.25) is 0 Å². The van der Waals surface area contributed by atoms with Crippen LogP contribution >= 0.6 is 0 Å². The molecule has 0 saturated carbocycles. The molecule has 29 heavy (non-hydrogen) atoms. The Morgan fingerprint density at radius 2 is 1.86 bits per heavy atom. The number of aromatic hydroxyl groups is 1. The first-order chi connectivity index (χ1) is 13.9. The highest BCUT2D eigenvalue weighted by molar-refractivity contribution is 5.86. The summed E-state index contributed by atoms with van der Waals surface area (Å²) in [6, 6.07) is 7.90. The van der Waals surface area contributed by atoms with Crippen LogP contribution in [0.15, 0.2) is 36.4 Å². The Bertz CT molecular complexity index is 1000. The van der Waals surface area contributed by atoms with Gasteiger partial charge in [-0.2, -0.15) is 0 Å². The third-order valence-corrected chi connectivity index (χ3v) is 6.65. The lowest BCUT2D eigenvalue weighted by Crippen LogP contribution is -2.38. The highest BCUT2D eigenvalue weighted by Crippen LogP contribution is 2.56. The molecule has 2 aliphatic heterocycles. The molecule has 152 valence electrons.